The predicted octanol–water partition coefficient (Wildman–Crippen LogP) is 3.80. The van der Waals surface area contributed by atoms with Crippen LogP contribution < -0.4 is 16.0 Å². The van der Waals surface area contributed by atoms with Gasteiger partial charge in [0.25, 0.3) is 5.91 Å². The molecule has 0 saturated heterocycles. The lowest BCUT2D eigenvalue weighted by Gasteiger charge is -2.22. The first-order valence-electron chi connectivity index (χ1n) is 11.9. The Morgan fingerprint density at radius 2 is 1.84 bits per heavy atom. The van der Waals surface area contributed by atoms with E-state index in [0.29, 0.717) is 29.8 Å². The maximum absolute atomic E-state index is 12.9. The molecule has 7 heteroatoms. The van der Waals surface area contributed by atoms with Gasteiger partial charge in [0.05, 0.1) is 0 Å². The lowest BCUT2D eigenvalue weighted by molar-refractivity contribution is 0.0954. The maximum Gasteiger partial charge on any atom is 0.256 e. The molecule has 0 radical (unpaired) electrons. The fourth-order valence-electron chi connectivity index (χ4n) is 4.06. The molecule has 32 heavy (non-hydrogen) atoms. The van der Waals surface area contributed by atoms with Crippen molar-refractivity contribution in [1.82, 2.24) is 20.2 Å². The van der Waals surface area contributed by atoms with Gasteiger partial charge in [-0.25, -0.2) is 4.98 Å². The van der Waals surface area contributed by atoms with Crippen molar-refractivity contribution in [3.8, 4) is 0 Å². The van der Waals surface area contributed by atoms with E-state index < -0.39 is 0 Å². The third-order valence-electron chi connectivity index (χ3n) is 5.92. The van der Waals surface area contributed by atoms with E-state index in [1.54, 1.807) is 6.20 Å². The summed E-state index contributed by atoms with van der Waals surface area (Å²) in [5, 5.41) is 9.77. The van der Waals surface area contributed by atoms with Gasteiger partial charge in [-0.2, -0.15) is 4.98 Å². The minimum atomic E-state index is -0.133. The van der Waals surface area contributed by atoms with Crippen LogP contribution in [0.3, 0.4) is 0 Å². The van der Waals surface area contributed by atoms with Crippen molar-refractivity contribution in [2.75, 3.05) is 50.9 Å². The van der Waals surface area contributed by atoms with Crippen molar-refractivity contribution < 1.29 is 4.79 Å². The zero-order chi connectivity index (χ0) is 22.6. The van der Waals surface area contributed by atoms with E-state index in [4.69, 9.17) is 0 Å². The number of amides is 1. The first-order chi connectivity index (χ1) is 15.6. The first kappa shape index (κ1) is 24.0. The SMILES string of the molecule is CN(C)CCCNc1ncc(C(=O)NCCc2ccccc2)c(NCC2CCCCC2)n1. The van der Waals surface area contributed by atoms with Gasteiger partial charge in [0.2, 0.25) is 5.95 Å². The number of carbonyl (C=O) groups excluding carboxylic acids is 1. The summed E-state index contributed by atoms with van der Waals surface area (Å²) in [6.45, 7) is 3.22. The smallest absolute Gasteiger partial charge is 0.256 e. The highest BCUT2D eigenvalue weighted by Crippen LogP contribution is 2.24. The van der Waals surface area contributed by atoms with E-state index in [1.165, 1.54) is 37.7 Å². The van der Waals surface area contributed by atoms with Gasteiger partial charge in [-0.15, -0.1) is 0 Å². The van der Waals surface area contributed by atoms with Gasteiger partial charge >= 0.3 is 0 Å². The maximum atomic E-state index is 12.9. The second-order valence-electron chi connectivity index (χ2n) is 8.92. The van der Waals surface area contributed by atoms with Crippen molar-refractivity contribution >= 4 is 17.7 Å². The van der Waals surface area contributed by atoms with E-state index in [-0.39, 0.29) is 5.91 Å². The Labute approximate surface area is 192 Å². The Morgan fingerprint density at radius 1 is 1.06 bits per heavy atom. The minimum Gasteiger partial charge on any atom is -0.369 e. The lowest BCUT2D eigenvalue weighted by Crippen LogP contribution is -2.28. The van der Waals surface area contributed by atoms with E-state index in [0.717, 1.165) is 32.5 Å². The molecule has 7 nitrogen and oxygen atoms in total. The summed E-state index contributed by atoms with van der Waals surface area (Å²) in [5.41, 5.74) is 1.71. The monoisotopic (exact) mass is 438 g/mol. The van der Waals surface area contributed by atoms with Crippen LogP contribution in [0.1, 0.15) is 54.4 Å². The fraction of sp³-hybridized carbons (Fsp3) is 0.560. The number of hydrogen-bond acceptors (Lipinski definition) is 6. The van der Waals surface area contributed by atoms with Crippen LogP contribution in [0.4, 0.5) is 11.8 Å². The molecule has 1 heterocycles. The van der Waals surface area contributed by atoms with Crippen molar-refractivity contribution in [1.29, 1.82) is 0 Å². The predicted molar refractivity (Wildman–Crippen MR) is 131 cm³/mol. The number of nitrogens with one attached hydrogen (secondary N) is 3. The summed E-state index contributed by atoms with van der Waals surface area (Å²) in [6.07, 6.45) is 9.84. The van der Waals surface area contributed by atoms with Crippen molar-refractivity contribution in [2.24, 2.45) is 5.92 Å². The average Bonchev–Trinajstić information content (AvgIpc) is 2.82. The molecule has 3 rings (SSSR count). The van der Waals surface area contributed by atoms with E-state index >= 15 is 0 Å². The summed E-state index contributed by atoms with van der Waals surface area (Å²) >= 11 is 0. The van der Waals surface area contributed by atoms with E-state index in [9.17, 15) is 4.79 Å². The average molecular weight is 439 g/mol. The summed E-state index contributed by atoms with van der Waals surface area (Å²) < 4.78 is 0. The standard InChI is InChI=1S/C25H38N6O/c1-31(2)17-9-15-27-25-29-19-22(23(30-25)28-18-21-12-7-4-8-13-21)24(32)26-16-14-20-10-5-3-6-11-20/h3,5-6,10-11,19,21H,4,7-9,12-18H2,1-2H3,(H,26,32)(H2,27,28,29,30). The van der Waals surface area contributed by atoms with Crippen LogP contribution in [-0.4, -0.2) is 61.0 Å². The molecule has 1 fully saturated rings. The summed E-state index contributed by atoms with van der Waals surface area (Å²) in [7, 11) is 4.13. The second kappa shape index (κ2) is 13.0. The Hall–Kier alpha value is -2.67. The van der Waals surface area contributed by atoms with Gasteiger partial charge in [-0.05, 0) is 57.8 Å². The molecule has 1 aliphatic carbocycles. The van der Waals surface area contributed by atoms with Crippen LogP contribution in [0, 0.1) is 5.92 Å². The summed E-state index contributed by atoms with van der Waals surface area (Å²) in [4.78, 5) is 24.1. The van der Waals surface area contributed by atoms with Crippen LogP contribution in [0.15, 0.2) is 36.5 Å². The number of benzene rings is 1. The largest absolute Gasteiger partial charge is 0.369 e. The molecule has 1 amide bonds. The molecule has 0 unspecified atom stereocenters. The number of aromatic nitrogens is 2. The highest BCUT2D eigenvalue weighted by Gasteiger charge is 2.18. The molecule has 174 valence electrons. The molecule has 0 bridgehead atoms. The fourth-order valence-corrected chi connectivity index (χ4v) is 4.06. The minimum absolute atomic E-state index is 0.133. The number of carbonyl (C=O) groups is 1. The third kappa shape index (κ3) is 8.11. The highest BCUT2D eigenvalue weighted by molar-refractivity contribution is 5.98. The molecule has 1 aromatic carbocycles. The van der Waals surface area contributed by atoms with E-state index in [2.05, 4.69) is 57.0 Å². The first-order valence-corrected chi connectivity index (χ1v) is 11.9. The number of nitrogens with zero attached hydrogens (tertiary/aromatic N) is 3. The van der Waals surface area contributed by atoms with Gasteiger partial charge in [0, 0.05) is 25.8 Å². The van der Waals surface area contributed by atoms with Gasteiger partial charge in [-0.1, -0.05) is 49.6 Å². The molecule has 0 spiro atoms. The van der Waals surface area contributed by atoms with Crippen molar-refractivity contribution in [2.45, 2.75) is 44.9 Å². The van der Waals surface area contributed by atoms with Crippen LogP contribution in [-0.2, 0) is 6.42 Å². The molecule has 1 aromatic heterocycles. The molecular weight excluding hydrogens is 400 g/mol. The topological polar surface area (TPSA) is 82.2 Å². The molecule has 2 aromatic rings. The molecule has 0 aliphatic heterocycles. The van der Waals surface area contributed by atoms with Gasteiger partial charge in [-0.3, -0.25) is 4.79 Å². The van der Waals surface area contributed by atoms with Gasteiger partial charge in [0.15, 0.2) is 0 Å². The summed E-state index contributed by atoms with van der Waals surface area (Å²) in [6, 6.07) is 10.2. The molecule has 1 saturated carbocycles. The van der Waals surface area contributed by atoms with Crippen LogP contribution in [0.2, 0.25) is 0 Å². The lowest BCUT2D eigenvalue weighted by atomic mass is 9.89. The van der Waals surface area contributed by atoms with Crippen LogP contribution >= 0.6 is 0 Å². The molecule has 1 aliphatic rings. The van der Waals surface area contributed by atoms with Crippen LogP contribution in [0.5, 0.6) is 0 Å². The number of anilines is 2. The Morgan fingerprint density at radius 3 is 2.59 bits per heavy atom. The Bertz CT molecular complexity index is 820. The number of hydrogen-bond donors (Lipinski definition) is 3. The van der Waals surface area contributed by atoms with E-state index in [1.807, 2.05) is 18.2 Å². The van der Waals surface area contributed by atoms with Crippen LogP contribution in [0.25, 0.3) is 0 Å². The van der Waals surface area contributed by atoms with Crippen molar-refractivity contribution in [3.05, 3.63) is 47.7 Å². The van der Waals surface area contributed by atoms with Crippen molar-refractivity contribution in [3.63, 3.8) is 0 Å². The summed E-state index contributed by atoms with van der Waals surface area (Å²) in [5.74, 6) is 1.70. The second-order valence-corrected chi connectivity index (χ2v) is 8.92. The number of rotatable bonds is 12. The highest BCUT2D eigenvalue weighted by atomic mass is 16.1. The Balaban J connectivity index is 1.61. The molecule has 0 atom stereocenters. The van der Waals surface area contributed by atoms with Gasteiger partial charge < -0.3 is 20.9 Å². The zero-order valence-corrected chi connectivity index (χ0v) is 19.6. The molecule has 3 N–H and O–H groups in total. The zero-order valence-electron chi connectivity index (χ0n) is 19.6. The quantitative estimate of drug-likeness (QED) is 0.437. The molecular formula is C25H38N6O. The van der Waals surface area contributed by atoms with Gasteiger partial charge in [0.1, 0.15) is 11.4 Å². The normalized spacial score (nSPS) is 14.3. The Kier molecular flexibility index (Phi) is 9.75. The third-order valence-corrected chi connectivity index (χ3v) is 5.92.